The molecule has 0 bridgehead atoms. The Morgan fingerprint density at radius 3 is 2.68 bits per heavy atom. The Bertz CT molecular complexity index is 1370. The maximum atomic E-state index is 13.2. The Balaban J connectivity index is 1.46. The van der Waals surface area contributed by atoms with E-state index >= 15 is 0 Å². The molecule has 1 unspecified atom stereocenters. The number of rotatable bonds is 7. The molecule has 1 aliphatic rings. The molecule has 0 fully saturated rings. The number of aliphatic hydroxyl groups is 1. The van der Waals surface area contributed by atoms with Crippen molar-refractivity contribution in [2.24, 2.45) is 0 Å². The Morgan fingerprint density at radius 1 is 1.15 bits per heavy atom. The molecule has 7 nitrogen and oxygen atoms in total. The first-order valence-electron chi connectivity index (χ1n) is 9.98. The first-order valence-corrected chi connectivity index (χ1v) is 12.7. The van der Waals surface area contributed by atoms with E-state index in [0.29, 0.717) is 20.5 Å². The highest BCUT2D eigenvalue weighted by atomic mass is 32.2. The minimum atomic E-state index is -0.890. The summed E-state index contributed by atoms with van der Waals surface area (Å²) in [6.07, 6.45) is 3.14. The average molecular weight is 511 g/mol. The van der Waals surface area contributed by atoms with Gasteiger partial charge in [-0.3, -0.25) is 19.5 Å². The van der Waals surface area contributed by atoms with E-state index in [0.717, 1.165) is 5.56 Å². The Labute approximate surface area is 205 Å². The van der Waals surface area contributed by atoms with Crippen molar-refractivity contribution in [1.29, 1.82) is 0 Å². The fraction of sp³-hybridized carbons (Fsp3) is 0.0870. The zero-order valence-electron chi connectivity index (χ0n) is 17.3. The maximum absolute atomic E-state index is 13.2. The lowest BCUT2D eigenvalue weighted by molar-refractivity contribution is -0.117. The van der Waals surface area contributed by atoms with Crippen LogP contribution in [0.1, 0.15) is 26.8 Å². The van der Waals surface area contributed by atoms with Gasteiger partial charge >= 0.3 is 0 Å². The molecule has 5 rings (SSSR count). The number of halogens is 1. The van der Waals surface area contributed by atoms with Crippen LogP contribution in [-0.4, -0.2) is 32.0 Å². The number of pyridine rings is 1. The summed E-state index contributed by atoms with van der Waals surface area (Å²) in [5.41, 5.74) is 1.46. The molecule has 34 heavy (non-hydrogen) atoms. The average Bonchev–Trinajstić information content (AvgIpc) is 3.60. The number of benzene rings is 1. The number of amides is 1. The Morgan fingerprint density at radius 2 is 1.97 bits per heavy atom. The maximum Gasteiger partial charge on any atom is 0.296 e. The molecular weight excluding hydrogens is 495 g/mol. The van der Waals surface area contributed by atoms with E-state index in [1.807, 2.05) is 0 Å². The molecule has 4 heterocycles. The number of carbonyl (C=O) groups is 2. The van der Waals surface area contributed by atoms with E-state index in [1.165, 1.54) is 51.5 Å². The smallest absolute Gasteiger partial charge is 0.296 e. The first kappa shape index (κ1) is 22.4. The SMILES string of the molecule is O=C(C1=C(O)C(=O)N(c2nnc(SCc3ccc(F)cc3)s2)C1c1cccnc1)c1cccs1. The first-order chi connectivity index (χ1) is 16.5. The minimum Gasteiger partial charge on any atom is -0.503 e. The molecule has 11 heteroatoms. The zero-order valence-corrected chi connectivity index (χ0v) is 19.7. The van der Waals surface area contributed by atoms with Gasteiger partial charge in [0, 0.05) is 18.1 Å². The lowest BCUT2D eigenvalue weighted by Crippen LogP contribution is -2.31. The number of carbonyl (C=O) groups excluding carboxylic acids is 2. The van der Waals surface area contributed by atoms with Crippen LogP contribution in [0.25, 0.3) is 0 Å². The highest BCUT2D eigenvalue weighted by molar-refractivity contribution is 8.00. The fourth-order valence-corrected chi connectivity index (χ4v) is 6.01. The molecule has 3 aromatic heterocycles. The molecule has 170 valence electrons. The monoisotopic (exact) mass is 510 g/mol. The van der Waals surface area contributed by atoms with Gasteiger partial charge in [0.25, 0.3) is 5.91 Å². The summed E-state index contributed by atoms with van der Waals surface area (Å²) < 4.78 is 13.7. The molecule has 0 radical (unpaired) electrons. The van der Waals surface area contributed by atoms with Crippen LogP contribution in [0.4, 0.5) is 9.52 Å². The molecule has 1 amide bonds. The van der Waals surface area contributed by atoms with Crippen molar-refractivity contribution >= 4 is 51.3 Å². The van der Waals surface area contributed by atoms with Crippen LogP contribution in [0.2, 0.25) is 0 Å². The van der Waals surface area contributed by atoms with Gasteiger partial charge in [-0.15, -0.1) is 21.5 Å². The van der Waals surface area contributed by atoms with Gasteiger partial charge in [0.2, 0.25) is 10.9 Å². The Kier molecular flexibility index (Phi) is 6.22. The van der Waals surface area contributed by atoms with Crippen LogP contribution in [0.3, 0.4) is 0 Å². The topological polar surface area (TPSA) is 96.3 Å². The summed E-state index contributed by atoms with van der Waals surface area (Å²) >= 11 is 3.80. The summed E-state index contributed by atoms with van der Waals surface area (Å²) in [6, 6.07) is 12.1. The molecule has 0 saturated heterocycles. The lowest BCUT2D eigenvalue weighted by atomic mass is 9.97. The Hall–Kier alpha value is -3.41. The van der Waals surface area contributed by atoms with Gasteiger partial charge in [0.05, 0.1) is 16.5 Å². The van der Waals surface area contributed by atoms with Crippen LogP contribution in [0.5, 0.6) is 0 Å². The standard InChI is InChI=1S/C23H15FN4O3S3/c24-15-7-5-13(6-8-15)12-33-23-27-26-22(34-23)28-18(14-3-1-9-25-11-14)17(20(30)21(28)31)19(29)16-4-2-10-32-16/h1-11,18,30H,12H2. The molecule has 4 aromatic rings. The van der Waals surface area contributed by atoms with Crippen LogP contribution in [-0.2, 0) is 10.5 Å². The van der Waals surface area contributed by atoms with E-state index in [1.54, 1.807) is 54.2 Å². The molecule has 1 aliphatic heterocycles. The highest BCUT2D eigenvalue weighted by Crippen LogP contribution is 2.44. The number of thioether (sulfide) groups is 1. The summed E-state index contributed by atoms with van der Waals surface area (Å²) in [7, 11) is 0. The van der Waals surface area contributed by atoms with Crippen molar-refractivity contribution in [2.75, 3.05) is 4.90 Å². The minimum absolute atomic E-state index is 0.0174. The number of hydrogen-bond acceptors (Lipinski definition) is 9. The number of aromatic nitrogens is 3. The number of hydrogen-bond donors (Lipinski definition) is 1. The van der Waals surface area contributed by atoms with Gasteiger partial charge in [-0.2, -0.15) is 0 Å². The number of thiophene rings is 1. The molecule has 1 atom stereocenters. The predicted molar refractivity (Wildman–Crippen MR) is 129 cm³/mol. The largest absolute Gasteiger partial charge is 0.503 e. The van der Waals surface area contributed by atoms with Gasteiger partial charge < -0.3 is 5.11 Å². The lowest BCUT2D eigenvalue weighted by Gasteiger charge is -2.23. The van der Waals surface area contributed by atoms with E-state index in [9.17, 15) is 19.1 Å². The predicted octanol–water partition coefficient (Wildman–Crippen LogP) is 5.21. The molecule has 1 aromatic carbocycles. The molecule has 0 aliphatic carbocycles. The third-order valence-corrected chi connectivity index (χ3v) is 8.07. The van der Waals surface area contributed by atoms with Crippen molar-refractivity contribution < 1.29 is 19.1 Å². The zero-order chi connectivity index (χ0) is 23.7. The number of Topliss-reactive ketones (excluding diaryl/α,β-unsaturated/α-hetero) is 1. The fourth-order valence-electron chi connectivity index (χ4n) is 3.51. The second-order valence-corrected chi connectivity index (χ2v) is 10.3. The molecule has 0 saturated carbocycles. The quantitative estimate of drug-likeness (QED) is 0.207. The van der Waals surface area contributed by atoms with E-state index in [2.05, 4.69) is 15.2 Å². The summed E-state index contributed by atoms with van der Waals surface area (Å²) in [5.74, 6) is -1.52. The van der Waals surface area contributed by atoms with Gasteiger partial charge in [-0.25, -0.2) is 4.39 Å². The van der Waals surface area contributed by atoms with Gasteiger partial charge in [0.1, 0.15) is 5.82 Å². The summed E-state index contributed by atoms with van der Waals surface area (Å²) in [5, 5.41) is 21.1. The van der Waals surface area contributed by atoms with Gasteiger partial charge in [-0.1, -0.05) is 47.4 Å². The van der Waals surface area contributed by atoms with Crippen molar-refractivity contribution in [1.82, 2.24) is 15.2 Å². The molecular formula is C23H15FN4O3S3. The van der Waals surface area contributed by atoms with Crippen LogP contribution in [0, 0.1) is 5.82 Å². The van der Waals surface area contributed by atoms with Crippen LogP contribution >= 0.6 is 34.4 Å². The summed E-state index contributed by atoms with van der Waals surface area (Å²) in [6.45, 7) is 0. The third-order valence-electron chi connectivity index (χ3n) is 5.08. The third kappa shape index (κ3) is 4.25. The van der Waals surface area contributed by atoms with E-state index in [-0.39, 0.29) is 16.5 Å². The van der Waals surface area contributed by atoms with E-state index < -0.39 is 23.5 Å². The number of anilines is 1. The number of aliphatic hydroxyl groups excluding tert-OH is 1. The van der Waals surface area contributed by atoms with Crippen molar-refractivity contribution in [3.63, 3.8) is 0 Å². The van der Waals surface area contributed by atoms with Crippen molar-refractivity contribution in [3.8, 4) is 0 Å². The second-order valence-electron chi connectivity index (χ2n) is 7.20. The number of ketones is 1. The van der Waals surface area contributed by atoms with Gasteiger partial charge in [-0.05, 0) is 40.8 Å². The van der Waals surface area contributed by atoms with Gasteiger partial charge in [0.15, 0.2) is 10.1 Å². The van der Waals surface area contributed by atoms with Crippen molar-refractivity contribution in [2.45, 2.75) is 16.1 Å². The normalized spacial score (nSPS) is 15.9. The highest BCUT2D eigenvalue weighted by Gasteiger charge is 2.46. The number of nitrogens with zero attached hydrogens (tertiary/aromatic N) is 4. The molecule has 0 spiro atoms. The van der Waals surface area contributed by atoms with Crippen molar-refractivity contribution in [3.05, 3.63) is 99.5 Å². The summed E-state index contributed by atoms with van der Waals surface area (Å²) in [4.78, 5) is 32.2. The second kappa shape index (κ2) is 9.45. The van der Waals surface area contributed by atoms with E-state index in [4.69, 9.17) is 0 Å². The molecule has 1 N–H and O–H groups in total. The van der Waals surface area contributed by atoms with Crippen LogP contribution < -0.4 is 4.90 Å². The van der Waals surface area contributed by atoms with Crippen LogP contribution in [0.15, 0.2) is 82.0 Å².